The molecule has 1 unspecified atom stereocenters. The molecule has 0 fully saturated rings. The fraction of sp³-hybridized carbons (Fsp3) is 0.0192. The van der Waals surface area contributed by atoms with Gasteiger partial charge >= 0.3 is 29.6 Å². The smallest absolute Gasteiger partial charge is 1.00 e. The molecule has 0 radical (unpaired) electrons. The number of hydrogen-bond donors (Lipinski definition) is 0. The maximum atomic E-state index is 7.35. The molecule has 0 aliphatic carbocycles. The summed E-state index contributed by atoms with van der Waals surface area (Å²) in [5, 5.41) is 20.2. The van der Waals surface area contributed by atoms with E-state index in [1.165, 1.54) is 69.0 Å². The second kappa shape index (κ2) is 51.0. The van der Waals surface area contributed by atoms with E-state index in [0.717, 1.165) is 9.21 Å². The van der Waals surface area contributed by atoms with Crippen molar-refractivity contribution < 1.29 is 31.0 Å². The van der Waals surface area contributed by atoms with Crippen LogP contribution in [0.5, 0.6) is 0 Å². The van der Waals surface area contributed by atoms with Crippen LogP contribution in [-0.2, 0) is 6.54 Å². The number of hydrogen-bond acceptors (Lipinski definition) is 2. The standard InChI is InChI=1S/C24H20P.3C18H15P.C13H7BrCl2N2.C8H5Cl2N.C5H3Br2N.Na.H/c1-5-13-21(14-6-1)25(22-15-7-2-8-16-22,23-17-9-3-10-18-23)24-19-11-4-12-20-24;3*1-4-10-16(11-5-1)19(17-12-6-2-7-13-17)18-14-8-3-9-15-18;1-17-13(10-6-3-7-11(14)18-10)12-8(15)4-2-5-9(12)16;1-11-5-6-7(9)3-2-4-8(6)10;6-4-2-1-3-5(7)8-4;;/h1-20H;3*1-15H;2-7,13H;2-4H,5H2;1-3H;;/q+1;;;;;;;+1;-1. The number of nitrogens with zero attached hydrogens (tertiary/aromatic N) is 4. The van der Waals surface area contributed by atoms with Crippen molar-refractivity contribution >= 4 is 194 Å². The van der Waals surface area contributed by atoms with Crippen molar-refractivity contribution in [3.63, 3.8) is 0 Å². The van der Waals surface area contributed by atoms with E-state index in [2.05, 4.69) is 462 Å². The average molecular weight is 1920 g/mol. The molecule has 1 atom stereocenters. The minimum atomic E-state index is -1.91. The molecule has 16 heteroatoms. The maximum Gasteiger partial charge on any atom is 1.00 e. The summed E-state index contributed by atoms with van der Waals surface area (Å²) in [5.74, 6) is 0. The Morgan fingerprint density at radius 3 is 0.667 bits per heavy atom. The van der Waals surface area contributed by atoms with Crippen LogP contribution < -0.4 is 98.5 Å². The summed E-state index contributed by atoms with van der Waals surface area (Å²) >= 11 is 33.5. The Bertz CT molecular complexity index is 5130. The summed E-state index contributed by atoms with van der Waals surface area (Å²) in [6, 6.07) is 162. The molecule has 0 saturated carbocycles. The van der Waals surface area contributed by atoms with Crippen LogP contribution in [0.2, 0.25) is 20.1 Å². The Morgan fingerprint density at radius 1 is 0.267 bits per heavy atom. The number of halogens is 7. The van der Waals surface area contributed by atoms with Crippen LogP contribution in [-0.4, -0.2) is 9.97 Å². The molecule has 0 aliphatic heterocycles. The molecule has 2 heterocycles. The van der Waals surface area contributed by atoms with E-state index in [9.17, 15) is 0 Å². The van der Waals surface area contributed by atoms with Crippen molar-refractivity contribution in [3.05, 3.63) is 541 Å². The van der Waals surface area contributed by atoms with Crippen molar-refractivity contribution in [1.82, 2.24) is 9.97 Å². The number of aromatic nitrogens is 2. The fourth-order valence-electron chi connectivity index (χ4n) is 12.8. The van der Waals surface area contributed by atoms with Gasteiger partial charge in [-0.25, -0.2) is 23.1 Å². The SMILES string of the molecule is Brc1cccc(Br)n1.[C-]#[N+]C(c1cccc(Br)n1)c1c(Cl)cccc1Cl.[C-]#[N+]Cc1c(Cl)cccc1Cl.[H-].[Na+].c1ccc(P(c2ccccc2)c2ccccc2)cc1.c1ccc(P(c2ccccc2)c2ccccc2)cc1.c1ccc(P(c2ccccc2)c2ccccc2)cc1.c1ccc([P+](c2ccccc2)(c2ccccc2)c2ccccc2)cc1. The summed E-state index contributed by atoms with van der Waals surface area (Å²) in [7, 11) is -3.24. The van der Waals surface area contributed by atoms with Gasteiger partial charge in [-0.2, -0.15) is 0 Å². The van der Waals surface area contributed by atoms with E-state index in [4.69, 9.17) is 59.5 Å². The van der Waals surface area contributed by atoms with Crippen LogP contribution in [0.3, 0.4) is 0 Å². The molecular formula is C104H81Br3Cl4N4NaP4+. The van der Waals surface area contributed by atoms with Gasteiger partial charge in [0.15, 0.2) is 0 Å². The van der Waals surface area contributed by atoms with Gasteiger partial charge in [-0.1, -0.05) is 416 Å². The normalized spacial score (nSPS) is 10.6. The molecular weight excluding hydrogens is 1830 g/mol. The van der Waals surface area contributed by atoms with Gasteiger partial charge in [-0.05, 0) is 216 Å². The van der Waals surface area contributed by atoms with Gasteiger partial charge in [0.1, 0.15) is 48.0 Å². The first kappa shape index (κ1) is 93.2. The summed E-state index contributed by atoms with van der Waals surface area (Å²) in [5.41, 5.74) is 1.93. The Kier molecular flexibility index (Phi) is 39.6. The van der Waals surface area contributed by atoms with E-state index in [-0.39, 0.29) is 37.5 Å². The van der Waals surface area contributed by atoms with E-state index in [0.29, 0.717) is 41.5 Å². The first-order chi connectivity index (χ1) is 58.4. The zero-order valence-electron chi connectivity index (χ0n) is 66.5. The Balaban J connectivity index is 0.000000163. The third kappa shape index (κ3) is 27.2. The third-order valence-electron chi connectivity index (χ3n) is 18.1. The summed E-state index contributed by atoms with van der Waals surface area (Å²) in [6.07, 6.45) is 0. The van der Waals surface area contributed by atoms with Gasteiger partial charge in [0.2, 0.25) is 6.54 Å². The molecule has 0 saturated heterocycles. The molecule has 0 amide bonds. The van der Waals surface area contributed by atoms with Crippen LogP contribution in [0.25, 0.3) is 9.69 Å². The second-order valence-corrected chi connectivity index (χ2v) is 40.0. The van der Waals surface area contributed by atoms with Crippen molar-refractivity contribution in [2.75, 3.05) is 0 Å². The van der Waals surface area contributed by atoms with Crippen molar-refractivity contribution in [2.24, 2.45) is 0 Å². The number of rotatable bonds is 16. The molecule has 0 bridgehead atoms. The van der Waals surface area contributed by atoms with Gasteiger partial charge in [-0.15, -0.1) is 0 Å². The first-order valence-electron chi connectivity index (χ1n) is 37.9. The summed E-state index contributed by atoms with van der Waals surface area (Å²) in [6.45, 7) is 14.2. The Morgan fingerprint density at radius 2 is 0.467 bits per heavy atom. The fourth-order valence-corrected chi connectivity index (χ4v) is 26.4. The van der Waals surface area contributed by atoms with Crippen molar-refractivity contribution in [1.29, 1.82) is 0 Å². The quantitative estimate of drug-likeness (QED) is 0.0418. The van der Waals surface area contributed by atoms with Gasteiger partial charge < -0.3 is 11.1 Å². The van der Waals surface area contributed by atoms with Gasteiger partial charge in [-0.3, -0.25) is 0 Å². The van der Waals surface area contributed by atoms with Crippen LogP contribution in [0.1, 0.15) is 24.3 Å². The van der Waals surface area contributed by atoms with Crippen LogP contribution in [0.15, 0.2) is 481 Å². The molecule has 120 heavy (non-hydrogen) atoms. The predicted octanol–water partition coefficient (Wildman–Crippen LogP) is 22.9. The molecule has 15 aromatic carbocycles. The summed E-state index contributed by atoms with van der Waals surface area (Å²) in [4.78, 5) is 15.1. The predicted molar refractivity (Wildman–Crippen MR) is 531 cm³/mol. The molecule has 0 spiro atoms. The van der Waals surface area contributed by atoms with E-state index in [1.807, 2.05) is 24.3 Å². The van der Waals surface area contributed by atoms with Crippen LogP contribution in [0.4, 0.5) is 0 Å². The largest absolute Gasteiger partial charge is 1.00 e. The maximum absolute atomic E-state index is 7.35. The molecule has 2 aromatic heterocycles. The van der Waals surface area contributed by atoms with E-state index >= 15 is 0 Å². The molecule has 0 N–H and O–H groups in total. The molecule has 17 aromatic rings. The molecule has 586 valence electrons. The molecule has 0 aliphatic rings. The minimum Gasteiger partial charge on any atom is -1.00 e. The topological polar surface area (TPSA) is 34.5 Å². The Labute approximate surface area is 780 Å². The van der Waals surface area contributed by atoms with Gasteiger partial charge in [0.05, 0.1) is 31.2 Å². The van der Waals surface area contributed by atoms with Gasteiger partial charge in [0.25, 0.3) is 6.04 Å². The van der Waals surface area contributed by atoms with E-state index in [1.54, 1.807) is 48.5 Å². The van der Waals surface area contributed by atoms with E-state index < -0.39 is 37.1 Å². The zero-order chi connectivity index (χ0) is 83.1. The third-order valence-corrected chi connectivity index (χ3v) is 32.4. The minimum absolute atomic E-state index is 0. The van der Waals surface area contributed by atoms with Crippen molar-refractivity contribution in [2.45, 2.75) is 12.6 Å². The zero-order valence-corrected chi connectivity index (χ0v) is 78.8. The monoisotopic (exact) mass is 1910 g/mol. The number of pyridine rings is 2. The molecule has 4 nitrogen and oxygen atoms in total. The average Bonchev–Trinajstić information content (AvgIpc) is 0.733. The summed E-state index contributed by atoms with van der Waals surface area (Å²) < 4.78 is 2.38. The Hall–Kier alpha value is -9.10. The second-order valence-electron chi connectivity index (χ2n) is 25.9. The van der Waals surface area contributed by atoms with Crippen LogP contribution in [0, 0.1) is 13.1 Å². The van der Waals surface area contributed by atoms with Gasteiger partial charge in [0, 0.05) is 0 Å². The molecule has 17 rings (SSSR count). The van der Waals surface area contributed by atoms with Crippen LogP contribution >= 0.6 is 125 Å². The number of benzene rings is 15. The van der Waals surface area contributed by atoms with Crippen molar-refractivity contribution in [3.8, 4) is 0 Å². The first-order valence-corrected chi connectivity index (χ1v) is 47.6.